The maximum Gasteiger partial charge on any atom is 0.0431 e. The summed E-state index contributed by atoms with van der Waals surface area (Å²) in [6.07, 6.45) is 6.11. The number of rotatable bonds is 6. The van der Waals surface area contributed by atoms with Gasteiger partial charge < -0.3 is 10.4 Å². The highest BCUT2D eigenvalue weighted by atomic mass is 16.2. The summed E-state index contributed by atoms with van der Waals surface area (Å²) in [5, 5.41) is 12.5. The first-order valence-corrected chi connectivity index (χ1v) is 6.38. The van der Waals surface area contributed by atoms with Gasteiger partial charge in [-0.05, 0) is 43.4 Å². The zero-order valence-electron chi connectivity index (χ0n) is 10.6. The first-order valence-electron chi connectivity index (χ1n) is 6.38. The molecule has 1 aliphatic carbocycles. The van der Waals surface area contributed by atoms with Gasteiger partial charge in [0.2, 0.25) is 0 Å². The van der Waals surface area contributed by atoms with Crippen LogP contribution < -0.4 is 5.32 Å². The van der Waals surface area contributed by atoms with Crippen molar-refractivity contribution >= 4 is 0 Å². The van der Waals surface area contributed by atoms with Gasteiger partial charge in [-0.25, -0.2) is 0 Å². The van der Waals surface area contributed by atoms with E-state index in [1.165, 1.54) is 19.3 Å². The van der Waals surface area contributed by atoms with Crippen LogP contribution in [0.1, 0.15) is 52.9 Å². The maximum atomic E-state index is 8.82. The van der Waals surface area contributed by atoms with E-state index in [0.717, 1.165) is 31.3 Å². The van der Waals surface area contributed by atoms with E-state index in [9.17, 15) is 0 Å². The van der Waals surface area contributed by atoms with Crippen LogP contribution in [0.25, 0.3) is 0 Å². The highest BCUT2D eigenvalue weighted by Gasteiger charge is 2.24. The smallest absolute Gasteiger partial charge is 0.0431 e. The molecule has 2 N–H and O–H groups in total. The minimum Gasteiger partial charge on any atom is -0.396 e. The van der Waals surface area contributed by atoms with Gasteiger partial charge in [0.1, 0.15) is 0 Å². The molecule has 2 nitrogen and oxygen atoms in total. The van der Waals surface area contributed by atoms with E-state index >= 15 is 0 Å². The lowest BCUT2D eigenvalue weighted by atomic mass is 9.87. The average Bonchev–Trinajstić information content (AvgIpc) is 2.59. The Morgan fingerprint density at radius 2 is 2.07 bits per heavy atom. The Kier molecular flexibility index (Phi) is 5.07. The molecule has 2 unspecified atom stereocenters. The fourth-order valence-corrected chi connectivity index (χ4v) is 2.46. The molecule has 1 rings (SSSR count). The van der Waals surface area contributed by atoms with Crippen molar-refractivity contribution in [2.24, 2.45) is 11.3 Å². The van der Waals surface area contributed by atoms with Crippen molar-refractivity contribution in [1.82, 2.24) is 5.32 Å². The van der Waals surface area contributed by atoms with Gasteiger partial charge in [-0.2, -0.15) is 0 Å². The Bertz CT molecular complexity index is 179. The Morgan fingerprint density at radius 3 is 2.60 bits per heavy atom. The third kappa shape index (κ3) is 4.98. The third-order valence-corrected chi connectivity index (χ3v) is 3.58. The molecular formula is C13H27NO. The first kappa shape index (κ1) is 13.0. The number of aliphatic hydroxyl groups is 1. The molecule has 1 aliphatic rings. The maximum absolute atomic E-state index is 8.82. The second kappa shape index (κ2) is 5.86. The zero-order valence-corrected chi connectivity index (χ0v) is 10.6. The molecule has 0 heterocycles. The molecule has 0 aliphatic heterocycles. The van der Waals surface area contributed by atoms with Gasteiger partial charge in [0.15, 0.2) is 0 Å². The molecule has 2 atom stereocenters. The van der Waals surface area contributed by atoms with E-state index in [2.05, 4.69) is 26.1 Å². The summed E-state index contributed by atoms with van der Waals surface area (Å²) in [4.78, 5) is 0. The molecule has 1 saturated carbocycles. The van der Waals surface area contributed by atoms with Crippen molar-refractivity contribution in [3.8, 4) is 0 Å². The van der Waals surface area contributed by atoms with Gasteiger partial charge in [-0.15, -0.1) is 0 Å². The highest BCUT2D eigenvalue weighted by Crippen LogP contribution is 2.26. The summed E-state index contributed by atoms with van der Waals surface area (Å²) in [6.45, 7) is 8.33. The van der Waals surface area contributed by atoms with Gasteiger partial charge in [0.25, 0.3) is 0 Å². The van der Waals surface area contributed by atoms with E-state index in [1.54, 1.807) is 0 Å². The highest BCUT2D eigenvalue weighted by molar-refractivity contribution is 4.81. The summed E-state index contributed by atoms with van der Waals surface area (Å²) in [6, 6.07) is 0.744. The van der Waals surface area contributed by atoms with E-state index in [0.29, 0.717) is 12.0 Å². The number of nitrogens with one attached hydrogen (secondary N) is 1. The van der Waals surface area contributed by atoms with Crippen LogP contribution in [0.3, 0.4) is 0 Å². The molecule has 0 aromatic heterocycles. The van der Waals surface area contributed by atoms with Gasteiger partial charge in [-0.3, -0.25) is 0 Å². The molecule has 0 aromatic rings. The normalized spacial score (nSPS) is 27.2. The molecule has 15 heavy (non-hydrogen) atoms. The minimum atomic E-state index is 0.323. The summed E-state index contributed by atoms with van der Waals surface area (Å²) in [5.41, 5.74) is 0.328. The SMILES string of the molecule is CC1CCC(NCC(C)(C)CCCO)C1. The van der Waals surface area contributed by atoms with E-state index < -0.39 is 0 Å². The number of hydrogen-bond donors (Lipinski definition) is 2. The van der Waals surface area contributed by atoms with Gasteiger partial charge in [-0.1, -0.05) is 20.8 Å². The van der Waals surface area contributed by atoms with Gasteiger partial charge >= 0.3 is 0 Å². The summed E-state index contributed by atoms with van der Waals surface area (Å²) in [5.74, 6) is 0.906. The fourth-order valence-electron chi connectivity index (χ4n) is 2.46. The van der Waals surface area contributed by atoms with Gasteiger partial charge in [0, 0.05) is 19.2 Å². The third-order valence-electron chi connectivity index (χ3n) is 3.58. The summed E-state index contributed by atoms with van der Waals surface area (Å²) in [7, 11) is 0. The van der Waals surface area contributed by atoms with Crippen molar-refractivity contribution in [3.63, 3.8) is 0 Å². The van der Waals surface area contributed by atoms with E-state index in [-0.39, 0.29) is 0 Å². The monoisotopic (exact) mass is 213 g/mol. The second-order valence-corrected chi connectivity index (χ2v) is 5.99. The van der Waals surface area contributed by atoms with Crippen LogP contribution in [-0.2, 0) is 0 Å². The van der Waals surface area contributed by atoms with Crippen LogP contribution in [0.2, 0.25) is 0 Å². The Hall–Kier alpha value is -0.0800. The molecule has 1 fully saturated rings. The quantitative estimate of drug-likeness (QED) is 0.711. The fraction of sp³-hybridized carbons (Fsp3) is 1.00. The van der Waals surface area contributed by atoms with Crippen LogP contribution >= 0.6 is 0 Å². The largest absolute Gasteiger partial charge is 0.396 e. The Morgan fingerprint density at radius 1 is 1.33 bits per heavy atom. The Labute approximate surface area is 94.5 Å². The standard InChI is InChI=1S/C13H27NO/c1-11-5-6-12(9-11)14-10-13(2,3)7-4-8-15/h11-12,14-15H,4-10H2,1-3H3. The predicted octanol–water partition coefficient (Wildman–Crippen LogP) is 2.56. The van der Waals surface area contributed by atoms with Crippen molar-refractivity contribution in [2.75, 3.05) is 13.2 Å². The van der Waals surface area contributed by atoms with Crippen molar-refractivity contribution in [2.45, 2.75) is 58.9 Å². The first-order chi connectivity index (χ1) is 7.03. The summed E-state index contributed by atoms with van der Waals surface area (Å²) >= 11 is 0. The number of aliphatic hydroxyl groups excluding tert-OH is 1. The lowest BCUT2D eigenvalue weighted by molar-refractivity contribution is 0.231. The topological polar surface area (TPSA) is 32.3 Å². The molecule has 0 amide bonds. The van der Waals surface area contributed by atoms with Crippen molar-refractivity contribution < 1.29 is 5.11 Å². The van der Waals surface area contributed by atoms with Crippen LogP contribution in [0.4, 0.5) is 0 Å². The van der Waals surface area contributed by atoms with E-state index in [4.69, 9.17) is 5.11 Å². The van der Waals surface area contributed by atoms with Crippen LogP contribution in [0.15, 0.2) is 0 Å². The molecule has 0 spiro atoms. The molecule has 0 radical (unpaired) electrons. The minimum absolute atomic E-state index is 0.323. The lowest BCUT2D eigenvalue weighted by Crippen LogP contribution is -2.35. The molecular weight excluding hydrogens is 186 g/mol. The molecule has 0 saturated heterocycles. The zero-order chi connectivity index (χ0) is 11.3. The van der Waals surface area contributed by atoms with Crippen molar-refractivity contribution in [1.29, 1.82) is 0 Å². The average molecular weight is 213 g/mol. The molecule has 2 heteroatoms. The van der Waals surface area contributed by atoms with E-state index in [1.807, 2.05) is 0 Å². The molecule has 90 valence electrons. The van der Waals surface area contributed by atoms with Crippen LogP contribution in [0, 0.1) is 11.3 Å². The Balaban J connectivity index is 2.17. The molecule has 0 aromatic carbocycles. The second-order valence-electron chi connectivity index (χ2n) is 5.99. The van der Waals surface area contributed by atoms with Crippen molar-refractivity contribution in [3.05, 3.63) is 0 Å². The lowest BCUT2D eigenvalue weighted by Gasteiger charge is -2.27. The predicted molar refractivity (Wildman–Crippen MR) is 64.9 cm³/mol. The summed E-state index contributed by atoms with van der Waals surface area (Å²) < 4.78 is 0. The van der Waals surface area contributed by atoms with Crippen LogP contribution in [-0.4, -0.2) is 24.3 Å². The molecule has 0 bridgehead atoms. The number of hydrogen-bond acceptors (Lipinski definition) is 2. The van der Waals surface area contributed by atoms with Crippen LogP contribution in [0.5, 0.6) is 0 Å². The van der Waals surface area contributed by atoms with Gasteiger partial charge in [0.05, 0.1) is 0 Å².